The standard InChI is InChI=1S/C17H22N6O2/c1-13-19-17-22(14-4-2-3-5-15(14)23(17)20-13)12-16(24)18-6-7-21-8-10-25-11-9-21/h2-5H,6-12H2,1H3,(H,18,24). The zero-order valence-corrected chi connectivity index (χ0v) is 14.3. The third-order valence-electron chi connectivity index (χ3n) is 4.49. The van der Waals surface area contributed by atoms with E-state index in [2.05, 4.69) is 20.3 Å². The monoisotopic (exact) mass is 342 g/mol. The Hall–Kier alpha value is -2.45. The summed E-state index contributed by atoms with van der Waals surface area (Å²) in [5.74, 6) is 1.38. The summed E-state index contributed by atoms with van der Waals surface area (Å²) < 4.78 is 9.05. The summed E-state index contributed by atoms with van der Waals surface area (Å²) in [5, 5.41) is 7.43. The van der Waals surface area contributed by atoms with Crippen molar-refractivity contribution in [1.29, 1.82) is 0 Å². The normalized spacial score (nSPS) is 15.9. The summed E-state index contributed by atoms with van der Waals surface area (Å²) in [6.07, 6.45) is 0. The first-order valence-electron chi connectivity index (χ1n) is 8.60. The van der Waals surface area contributed by atoms with Crippen LogP contribution in [0.5, 0.6) is 0 Å². The summed E-state index contributed by atoms with van der Waals surface area (Å²) in [5.41, 5.74) is 1.92. The summed E-state index contributed by atoms with van der Waals surface area (Å²) in [7, 11) is 0. The van der Waals surface area contributed by atoms with Crippen molar-refractivity contribution in [2.75, 3.05) is 39.4 Å². The molecule has 1 aromatic carbocycles. The van der Waals surface area contributed by atoms with Gasteiger partial charge in [0.05, 0.1) is 24.2 Å². The van der Waals surface area contributed by atoms with Crippen LogP contribution in [-0.2, 0) is 16.1 Å². The Morgan fingerprint density at radius 3 is 2.80 bits per heavy atom. The molecule has 8 nitrogen and oxygen atoms in total. The number of amides is 1. The Morgan fingerprint density at radius 2 is 2.00 bits per heavy atom. The van der Waals surface area contributed by atoms with E-state index in [0.717, 1.165) is 43.9 Å². The number of hydrogen-bond donors (Lipinski definition) is 1. The van der Waals surface area contributed by atoms with E-state index in [1.807, 2.05) is 35.8 Å². The van der Waals surface area contributed by atoms with Gasteiger partial charge in [-0.05, 0) is 19.1 Å². The van der Waals surface area contributed by atoms with Crippen LogP contribution in [0.2, 0.25) is 0 Å². The molecule has 0 saturated carbocycles. The van der Waals surface area contributed by atoms with Gasteiger partial charge in [0.15, 0.2) is 0 Å². The van der Waals surface area contributed by atoms with Crippen LogP contribution in [0.1, 0.15) is 5.82 Å². The lowest BCUT2D eigenvalue weighted by molar-refractivity contribution is -0.121. The highest BCUT2D eigenvalue weighted by Crippen LogP contribution is 2.19. The van der Waals surface area contributed by atoms with Crippen molar-refractivity contribution in [2.24, 2.45) is 0 Å². The highest BCUT2D eigenvalue weighted by molar-refractivity contribution is 5.84. The van der Waals surface area contributed by atoms with Gasteiger partial charge < -0.3 is 10.1 Å². The first kappa shape index (κ1) is 16.0. The van der Waals surface area contributed by atoms with Gasteiger partial charge >= 0.3 is 0 Å². The number of ether oxygens (including phenoxy) is 1. The Kier molecular flexibility index (Phi) is 4.37. The fourth-order valence-corrected chi connectivity index (χ4v) is 3.25. The number of aryl methyl sites for hydroxylation is 1. The molecule has 25 heavy (non-hydrogen) atoms. The van der Waals surface area contributed by atoms with Crippen LogP contribution in [0.15, 0.2) is 24.3 Å². The molecule has 2 aromatic heterocycles. The smallest absolute Gasteiger partial charge is 0.240 e. The van der Waals surface area contributed by atoms with E-state index in [9.17, 15) is 4.79 Å². The maximum absolute atomic E-state index is 12.4. The first-order chi connectivity index (χ1) is 12.2. The van der Waals surface area contributed by atoms with Crippen LogP contribution in [0.4, 0.5) is 0 Å². The van der Waals surface area contributed by atoms with E-state index in [-0.39, 0.29) is 12.5 Å². The fraction of sp³-hybridized carbons (Fsp3) is 0.471. The predicted octanol–water partition coefficient (Wildman–Crippen LogP) is 0.441. The molecule has 0 atom stereocenters. The van der Waals surface area contributed by atoms with Crippen LogP contribution in [0, 0.1) is 6.92 Å². The summed E-state index contributed by atoms with van der Waals surface area (Å²) >= 11 is 0. The van der Waals surface area contributed by atoms with Gasteiger partial charge in [0, 0.05) is 26.2 Å². The molecule has 1 saturated heterocycles. The number of benzene rings is 1. The Morgan fingerprint density at radius 1 is 1.24 bits per heavy atom. The molecule has 132 valence electrons. The number of aromatic nitrogens is 4. The third kappa shape index (κ3) is 3.22. The van der Waals surface area contributed by atoms with E-state index in [4.69, 9.17) is 4.74 Å². The first-order valence-corrected chi connectivity index (χ1v) is 8.60. The number of nitrogens with zero attached hydrogens (tertiary/aromatic N) is 5. The van der Waals surface area contributed by atoms with Gasteiger partial charge in [0.2, 0.25) is 11.7 Å². The van der Waals surface area contributed by atoms with Crippen LogP contribution >= 0.6 is 0 Å². The summed E-state index contributed by atoms with van der Waals surface area (Å²) in [6.45, 7) is 6.98. The summed E-state index contributed by atoms with van der Waals surface area (Å²) in [6, 6.07) is 7.90. The van der Waals surface area contributed by atoms with Gasteiger partial charge in [0.1, 0.15) is 12.4 Å². The Labute approximate surface area is 145 Å². The molecule has 0 spiro atoms. The number of rotatable bonds is 5. The number of imidazole rings is 1. The number of hydrogen-bond acceptors (Lipinski definition) is 5. The van der Waals surface area contributed by atoms with Crippen molar-refractivity contribution in [1.82, 2.24) is 29.4 Å². The number of fused-ring (bicyclic) bond motifs is 3. The molecule has 3 heterocycles. The number of carbonyl (C=O) groups excluding carboxylic acids is 1. The molecule has 1 fully saturated rings. The van der Waals surface area contributed by atoms with E-state index in [1.165, 1.54) is 0 Å². The van der Waals surface area contributed by atoms with Gasteiger partial charge in [-0.25, -0.2) is 0 Å². The molecule has 4 rings (SSSR count). The Balaban J connectivity index is 1.46. The lowest BCUT2D eigenvalue weighted by atomic mass is 10.3. The number of carbonyl (C=O) groups is 1. The van der Waals surface area contributed by atoms with Crippen molar-refractivity contribution in [3.63, 3.8) is 0 Å². The highest BCUT2D eigenvalue weighted by Gasteiger charge is 2.16. The molecule has 3 aromatic rings. The van der Waals surface area contributed by atoms with Crippen molar-refractivity contribution in [3.8, 4) is 0 Å². The average molecular weight is 342 g/mol. The number of para-hydroxylation sites is 2. The zero-order valence-electron chi connectivity index (χ0n) is 14.3. The van der Waals surface area contributed by atoms with Crippen molar-refractivity contribution < 1.29 is 9.53 Å². The molecule has 0 bridgehead atoms. The van der Waals surface area contributed by atoms with Gasteiger partial charge in [0.25, 0.3) is 0 Å². The number of nitrogens with one attached hydrogen (secondary N) is 1. The van der Waals surface area contributed by atoms with Gasteiger partial charge in [-0.15, -0.1) is 5.10 Å². The van der Waals surface area contributed by atoms with E-state index >= 15 is 0 Å². The zero-order chi connectivity index (χ0) is 17.2. The lowest BCUT2D eigenvalue weighted by Crippen LogP contribution is -2.41. The minimum absolute atomic E-state index is 0.0165. The summed E-state index contributed by atoms with van der Waals surface area (Å²) in [4.78, 5) is 19.2. The van der Waals surface area contributed by atoms with Gasteiger partial charge in [-0.3, -0.25) is 14.3 Å². The molecular formula is C17H22N6O2. The molecule has 1 aliphatic rings. The quantitative estimate of drug-likeness (QED) is 0.728. The Bertz CT molecular complexity index is 893. The maximum Gasteiger partial charge on any atom is 0.240 e. The molecule has 0 unspecified atom stereocenters. The van der Waals surface area contributed by atoms with Crippen LogP contribution < -0.4 is 5.32 Å². The minimum atomic E-state index is -0.0165. The second-order valence-corrected chi connectivity index (χ2v) is 6.25. The molecule has 1 amide bonds. The second kappa shape index (κ2) is 6.81. The second-order valence-electron chi connectivity index (χ2n) is 6.25. The van der Waals surface area contributed by atoms with Gasteiger partial charge in [-0.2, -0.15) is 9.50 Å². The maximum atomic E-state index is 12.4. The van der Waals surface area contributed by atoms with E-state index in [0.29, 0.717) is 18.1 Å². The van der Waals surface area contributed by atoms with Crippen LogP contribution in [-0.4, -0.2) is 69.4 Å². The van der Waals surface area contributed by atoms with Crippen LogP contribution in [0.3, 0.4) is 0 Å². The lowest BCUT2D eigenvalue weighted by Gasteiger charge is -2.26. The fourth-order valence-electron chi connectivity index (χ4n) is 3.25. The van der Waals surface area contributed by atoms with E-state index < -0.39 is 0 Å². The molecular weight excluding hydrogens is 320 g/mol. The third-order valence-corrected chi connectivity index (χ3v) is 4.49. The molecule has 8 heteroatoms. The topological polar surface area (TPSA) is 76.7 Å². The minimum Gasteiger partial charge on any atom is -0.379 e. The molecule has 1 N–H and O–H groups in total. The molecule has 0 radical (unpaired) electrons. The van der Waals surface area contributed by atoms with Crippen LogP contribution in [0.25, 0.3) is 16.8 Å². The largest absolute Gasteiger partial charge is 0.379 e. The average Bonchev–Trinajstić information content (AvgIpc) is 3.13. The SMILES string of the molecule is Cc1nc2n(CC(=O)NCCN3CCOCC3)c3ccccc3n2n1. The highest BCUT2D eigenvalue weighted by atomic mass is 16.5. The predicted molar refractivity (Wildman–Crippen MR) is 93.5 cm³/mol. The van der Waals surface area contributed by atoms with Crippen molar-refractivity contribution in [2.45, 2.75) is 13.5 Å². The van der Waals surface area contributed by atoms with E-state index in [1.54, 1.807) is 4.52 Å². The van der Waals surface area contributed by atoms with Crippen molar-refractivity contribution >= 4 is 22.7 Å². The molecule has 0 aliphatic carbocycles. The van der Waals surface area contributed by atoms with Crippen molar-refractivity contribution in [3.05, 3.63) is 30.1 Å². The molecule has 1 aliphatic heterocycles. The van der Waals surface area contributed by atoms with Gasteiger partial charge in [-0.1, -0.05) is 12.1 Å². The number of morpholine rings is 1.